The standard InChI is InChI=1S/C21H23BrN4O/c22-17-5-6-19(23-13-17)21(27)26-9-7-25(8-10-26)20-18(15-3-4-15)11-16(12-24-20)14-1-2-14/h5-6,11-15H,1-4,7-10H2. The summed E-state index contributed by atoms with van der Waals surface area (Å²) in [6.45, 7) is 3.09. The van der Waals surface area contributed by atoms with E-state index < -0.39 is 0 Å². The number of nitrogens with zero attached hydrogens (tertiary/aromatic N) is 4. The first-order valence-corrected chi connectivity index (χ1v) is 10.6. The monoisotopic (exact) mass is 426 g/mol. The molecular formula is C21H23BrN4O. The van der Waals surface area contributed by atoms with Gasteiger partial charge in [-0.15, -0.1) is 0 Å². The normalized spacial score (nSPS) is 20.0. The minimum atomic E-state index is 0.0154. The summed E-state index contributed by atoms with van der Waals surface area (Å²) >= 11 is 3.36. The Bertz CT molecular complexity index is 853. The van der Waals surface area contributed by atoms with Crippen LogP contribution >= 0.6 is 15.9 Å². The number of anilines is 1. The Kier molecular flexibility index (Phi) is 4.38. The number of hydrogen-bond acceptors (Lipinski definition) is 4. The molecule has 27 heavy (non-hydrogen) atoms. The van der Waals surface area contributed by atoms with Gasteiger partial charge in [-0.2, -0.15) is 0 Å². The third-order valence-electron chi connectivity index (χ3n) is 5.80. The van der Waals surface area contributed by atoms with E-state index in [4.69, 9.17) is 4.98 Å². The molecule has 0 aromatic carbocycles. The maximum atomic E-state index is 12.7. The highest BCUT2D eigenvalue weighted by atomic mass is 79.9. The molecule has 0 spiro atoms. The quantitative estimate of drug-likeness (QED) is 0.742. The van der Waals surface area contributed by atoms with Crippen molar-refractivity contribution >= 4 is 27.7 Å². The Morgan fingerprint density at radius 3 is 2.33 bits per heavy atom. The van der Waals surface area contributed by atoms with Crippen molar-refractivity contribution in [2.24, 2.45) is 0 Å². The van der Waals surface area contributed by atoms with E-state index in [-0.39, 0.29) is 5.91 Å². The molecule has 5 nitrogen and oxygen atoms in total. The number of halogens is 1. The first-order chi connectivity index (χ1) is 13.2. The first-order valence-electron chi connectivity index (χ1n) is 9.84. The second-order valence-corrected chi connectivity index (χ2v) is 8.79. The summed E-state index contributed by atoms with van der Waals surface area (Å²) in [5, 5.41) is 0. The minimum absolute atomic E-state index is 0.0154. The van der Waals surface area contributed by atoms with E-state index in [1.54, 1.807) is 12.3 Å². The number of pyridine rings is 2. The van der Waals surface area contributed by atoms with Crippen LogP contribution in [-0.4, -0.2) is 47.0 Å². The van der Waals surface area contributed by atoms with Crippen LogP contribution in [0.5, 0.6) is 0 Å². The molecular weight excluding hydrogens is 404 g/mol. The summed E-state index contributed by atoms with van der Waals surface area (Å²) in [6, 6.07) is 6.06. The van der Waals surface area contributed by atoms with Gasteiger partial charge in [-0.05, 0) is 76.7 Å². The summed E-state index contributed by atoms with van der Waals surface area (Å²) in [6.07, 6.45) is 8.97. The van der Waals surface area contributed by atoms with Gasteiger partial charge in [0.1, 0.15) is 11.5 Å². The highest BCUT2D eigenvalue weighted by Crippen LogP contribution is 2.47. The maximum Gasteiger partial charge on any atom is 0.272 e. The van der Waals surface area contributed by atoms with Crippen molar-refractivity contribution < 1.29 is 4.79 Å². The second kappa shape index (κ2) is 6.89. The lowest BCUT2D eigenvalue weighted by molar-refractivity contribution is 0.0740. The van der Waals surface area contributed by atoms with E-state index in [2.05, 4.69) is 38.1 Å². The average molecular weight is 427 g/mol. The molecule has 1 amide bonds. The zero-order valence-corrected chi connectivity index (χ0v) is 16.9. The van der Waals surface area contributed by atoms with Crippen molar-refractivity contribution in [1.29, 1.82) is 0 Å². The minimum Gasteiger partial charge on any atom is -0.353 e. The zero-order chi connectivity index (χ0) is 18.4. The fourth-order valence-corrected chi connectivity index (χ4v) is 4.11. The van der Waals surface area contributed by atoms with E-state index in [0.717, 1.165) is 29.3 Å². The SMILES string of the molecule is O=C(c1ccc(Br)cn1)N1CCN(c2ncc(C3CC3)cc2C2CC2)CC1. The fraction of sp³-hybridized carbons (Fsp3) is 0.476. The molecule has 1 saturated heterocycles. The van der Waals surface area contributed by atoms with Crippen LogP contribution in [0.1, 0.15) is 59.1 Å². The number of carbonyl (C=O) groups excluding carboxylic acids is 1. The van der Waals surface area contributed by atoms with Gasteiger partial charge in [-0.3, -0.25) is 4.79 Å². The third kappa shape index (κ3) is 3.59. The Hall–Kier alpha value is -1.95. The first kappa shape index (κ1) is 17.2. The molecule has 0 N–H and O–H groups in total. The number of piperazine rings is 1. The smallest absolute Gasteiger partial charge is 0.272 e. The fourth-order valence-electron chi connectivity index (χ4n) is 3.88. The summed E-state index contributed by atoms with van der Waals surface area (Å²) in [5.74, 6) is 2.60. The van der Waals surface area contributed by atoms with Gasteiger partial charge in [0.2, 0.25) is 0 Å². The van der Waals surface area contributed by atoms with E-state index in [1.165, 1.54) is 36.8 Å². The van der Waals surface area contributed by atoms with Crippen LogP contribution in [-0.2, 0) is 0 Å². The van der Waals surface area contributed by atoms with Crippen LogP contribution in [0.15, 0.2) is 35.1 Å². The van der Waals surface area contributed by atoms with Crippen LogP contribution in [0.25, 0.3) is 0 Å². The summed E-state index contributed by atoms with van der Waals surface area (Å²) < 4.78 is 0.886. The molecule has 2 aliphatic carbocycles. The van der Waals surface area contributed by atoms with E-state index >= 15 is 0 Å². The molecule has 0 radical (unpaired) electrons. The van der Waals surface area contributed by atoms with E-state index in [0.29, 0.717) is 24.7 Å². The topological polar surface area (TPSA) is 49.3 Å². The summed E-state index contributed by atoms with van der Waals surface area (Å²) in [7, 11) is 0. The van der Waals surface area contributed by atoms with Gasteiger partial charge in [0, 0.05) is 43.0 Å². The molecule has 1 aliphatic heterocycles. The molecule has 2 aromatic heterocycles. The van der Waals surface area contributed by atoms with Gasteiger partial charge in [-0.25, -0.2) is 9.97 Å². The lowest BCUT2D eigenvalue weighted by Crippen LogP contribution is -2.49. The van der Waals surface area contributed by atoms with Crippen LogP contribution < -0.4 is 4.90 Å². The predicted molar refractivity (Wildman–Crippen MR) is 108 cm³/mol. The maximum absolute atomic E-state index is 12.7. The average Bonchev–Trinajstić information content (AvgIpc) is 3.60. The number of carbonyl (C=O) groups is 1. The largest absolute Gasteiger partial charge is 0.353 e. The molecule has 2 aromatic rings. The molecule has 0 unspecified atom stereocenters. The number of amides is 1. The Balaban J connectivity index is 1.29. The number of hydrogen-bond donors (Lipinski definition) is 0. The molecule has 6 heteroatoms. The Morgan fingerprint density at radius 2 is 1.70 bits per heavy atom. The van der Waals surface area contributed by atoms with Gasteiger partial charge in [0.25, 0.3) is 5.91 Å². The lowest BCUT2D eigenvalue weighted by Gasteiger charge is -2.36. The summed E-state index contributed by atoms with van der Waals surface area (Å²) in [5.41, 5.74) is 3.38. The molecule has 3 heterocycles. The Morgan fingerprint density at radius 1 is 0.963 bits per heavy atom. The van der Waals surface area contributed by atoms with Crippen molar-refractivity contribution in [2.45, 2.75) is 37.5 Å². The van der Waals surface area contributed by atoms with Gasteiger partial charge in [-0.1, -0.05) is 6.07 Å². The second-order valence-electron chi connectivity index (χ2n) is 7.87. The third-order valence-corrected chi connectivity index (χ3v) is 6.26. The van der Waals surface area contributed by atoms with Crippen LogP contribution in [0.4, 0.5) is 5.82 Å². The predicted octanol–water partition coefficient (Wildman–Crippen LogP) is 3.96. The molecule has 3 aliphatic rings. The van der Waals surface area contributed by atoms with Crippen LogP contribution in [0.2, 0.25) is 0 Å². The van der Waals surface area contributed by atoms with Crippen molar-refractivity contribution in [2.75, 3.05) is 31.1 Å². The van der Waals surface area contributed by atoms with Crippen molar-refractivity contribution in [3.63, 3.8) is 0 Å². The van der Waals surface area contributed by atoms with Crippen molar-refractivity contribution in [1.82, 2.24) is 14.9 Å². The van der Waals surface area contributed by atoms with E-state index in [1.807, 2.05) is 11.0 Å². The number of rotatable bonds is 4. The van der Waals surface area contributed by atoms with Crippen molar-refractivity contribution in [3.8, 4) is 0 Å². The highest BCUT2D eigenvalue weighted by molar-refractivity contribution is 9.10. The molecule has 140 valence electrons. The molecule has 3 fully saturated rings. The Labute approximate surface area is 167 Å². The van der Waals surface area contributed by atoms with Crippen molar-refractivity contribution in [3.05, 3.63) is 51.9 Å². The van der Waals surface area contributed by atoms with E-state index in [9.17, 15) is 4.79 Å². The molecule has 0 bridgehead atoms. The van der Waals surface area contributed by atoms with Gasteiger partial charge in [0.05, 0.1) is 0 Å². The zero-order valence-electron chi connectivity index (χ0n) is 15.3. The molecule has 5 rings (SSSR count). The lowest BCUT2D eigenvalue weighted by atomic mass is 10.1. The summed E-state index contributed by atoms with van der Waals surface area (Å²) in [4.78, 5) is 26.1. The van der Waals surface area contributed by atoms with Crippen LogP contribution in [0.3, 0.4) is 0 Å². The highest BCUT2D eigenvalue weighted by Gasteiger charge is 2.33. The van der Waals surface area contributed by atoms with Gasteiger partial charge in [0.15, 0.2) is 0 Å². The van der Waals surface area contributed by atoms with Gasteiger partial charge < -0.3 is 9.80 Å². The van der Waals surface area contributed by atoms with Gasteiger partial charge >= 0.3 is 0 Å². The molecule has 2 saturated carbocycles. The van der Waals surface area contributed by atoms with Crippen LogP contribution in [0, 0.1) is 0 Å². The molecule has 0 atom stereocenters. The number of aromatic nitrogens is 2.